The number of nitrogens with one attached hydrogen (secondary N) is 1. The molecular weight excluding hydrogens is 280 g/mol. The van der Waals surface area contributed by atoms with Crippen molar-refractivity contribution in [1.29, 1.82) is 0 Å². The highest BCUT2D eigenvalue weighted by molar-refractivity contribution is 5.76. The van der Waals surface area contributed by atoms with Crippen molar-refractivity contribution in [3.8, 4) is 0 Å². The van der Waals surface area contributed by atoms with Crippen molar-refractivity contribution in [3.05, 3.63) is 0 Å². The summed E-state index contributed by atoms with van der Waals surface area (Å²) in [4.78, 5) is 14.3. The summed E-state index contributed by atoms with van der Waals surface area (Å²) in [5.41, 5.74) is 0. The number of amides is 1. The number of carbonyl (C=O) groups excluding carboxylic acids is 1. The minimum atomic E-state index is -0.0500. The van der Waals surface area contributed by atoms with Gasteiger partial charge in [-0.15, -0.1) is 0 Å². The van der Waals surface area contributed by atoms with Gasteiger partial charge in [-0.3, -0.25) is 9.69 Å². The molecule has 1 saturated heterocycles. The highest BCUT2D eigenvalue weighted by atomic mass is 16.5. The molecule has 22 heavy (non-hydrogen) atoms. The first-order valence-corrected chi connectivity index (χ1v) is 9.00. The maximum atomic E-state index is 12.1. The number of hydrogen-bond donors (Lipinski definition) is 2. The van der Waals surface area contributed by atoms with Crippen LogP contribution < -0.4 is 5.32 Å². The van der Waals surface area contributed by atoms with E-state index in [0.717, 1.165) is 25.9 Å². The van der Waals surface area contributed by atoms with Gasteiger partial charge in [-0.2, -0.15) is 0 Å². The number of ether oxygens (including phenoxy) is 1. The normalized spacial score (nSPS) is 17.4. The van der Waals surface area contributed by atoms with Crippen molar-refractivity contribution in [2.75, 3.05) is 32.9 Å². The van der Waals surface area contributed by atoms with Gasteiger partial charge in [0.2, 0.25) is 5.91 Å². The fraction of sp³-hybridized carbons (Fsp3) is 0.941. The summed E-state index contributed by atoms with van der Waals surface area (Å²) in [5.74, 6) is 0.110. The van der Waals surface area contributed by atoms with Gasteiger partial charge in [-0.25, -0.2) is 0 Å². The van der Waals surface area contributed by atoms with Gasteiger partial charge in [-0.05, 0) is 6.42 Å². The molecule has 0 aromatic carbocycles. The van der Waals surface area contributed by atoms with Crippen molar-refractivity contribution in [2.45, 2.75) is 70.9 Å². The van der Waals surface area contributed by atoms with Gasteiger partial charge in [0.05, 0.1) is 19.4 Å². The van der Waals surface area contributed by atoms with Crippen LogP contribution in [0.4, 0.5) is 0 Å². The SMILES string of the molecule is CCCCCCCCCC(=O)NC(CCO)N1CCOCC1. The Morgan fingerprint density at radius 2 is 1.77 bits per heavy atom. The van der Waals surface area contributed by atoms with E-state index in [4.69, 9.17) is 4.74 Å². The van der Waals surface area contributed by atoms with Gasteiger partial charge in [0, 0.05) is 32.5 Å². The molecule has 0 bridgehead atoms. The minimum absolute atomic E-state index is 0.0500. The molecule has 1 rings (SSSR count). The summed E-state index contributed by atoms with van der Waals surface area (Å²) < 4.78 is 5.34. The van der Waals surface area contributed by atoms with Gasteiger partial charge >= 0.3 is 0 Å². The van der Waals surface area contributed by atoms with Crippen LogP contribution in [0.2, 0.25) is 0 Å². The maximum Gasteiger partial charge on any atom is 0.221 e. The maximum absolute atomic E-state index is 12.1. The molecule has 1 heterocycles. The Morgan fingerprint density at radius 3 is 2.41 bits per heavy atom. The summed E-state index contributed by atoms with van der Waals surface area (Å²) in [5, 5.41) is 12.3. The van der Waals surface area contributed by atoms with Crippen LogP contribution in [0, 0.1) is 0 Å². The first-order chi connectivity index (χ1) is 10.8. The summed E-state index contributed by atoms with van der Waals surface area (Å²) in [7, 11) is 0. The van der Waals surface area contributed by atoms with Crippen LogP contribution in [0.15, 0.2) is 0 Å². The van der Waals surface area contributed by atoms with E-state index in [1.807, 2.05) is 0 Å². The summed E-state index contributed by atoms with van der Waals surface area (Å²) in [6, 6.07) is 0. The van der Waals surface area contributed by atoms with Crippen LogP contribution in [-0.4, -0.2) is 55.0 Å². The van der Waals surface area contributed by atoms with Crippen LogP contribution in [-0.2, 0) is 9.53 Å². The van der Waals surface area contributed by atoms with Crippen LogP contribution in [0.25, 0.3) is 0 Å². The molecule has 5 heteroatoms. The van der Waals surface area contributed by atoms with Gasteiger partial charge in [0.1, 0.15) is 0 Å². The standard InChI is InChI=1S/C17H34N2O3/c1-2-3-4-5-6-7-8-9-17(21)18-16(10-13-20)19-11-14-22-15-12-19/h16,20H,2-15H2,1H3,(H,18,21). The van der Waals surface area contributed by atoms with Crippen LogP contribution in [0.3, 0.4) is 0 Å². The summed E-state index contributed by atoms with van der Waals surface area (Å²) >= 11 is 0. The number of unbranched alkanes of at least 4 members (excludes halogenated alkanes) is 6. The molecule has 0 spiro atoms. The van der Waals surface area contributed by atoms with E-state index < -0.39 is 0 Å². The second kappa shape index (κ2) is 12.9. The number of nitrogens with zero attached hydrogens (tertiary/aromatic N) is 1. The molecule has 130 valence electrons. The zero-order chi connectivity index (χ0) is 16.0. The quantitative estimate of drug-likeness (QED) is 0.543. The lowest BCUT2D eigenvalue weighted by atomic mass is 10.1. The Labute approximate surface area is 135 Å². The molecule has 1 amide bonds. The van der Waals surface area contributed by atoms with E-state index in [1.54, 1.807) is 0 Å². The van der Waals surface area contributed by atoms with Gasteiger partial charge in [0.25, 0.3) is 0 Å². The molecule has 0 aromatic heterocycles. The predicted molar refractivity (Wildman–Crippen MR) is 88.6 cm³/mol. The molecular formula is C17H34N2O3. The third kappa shape index (κ3) is 8.71. The molecule has 5 nitrogen and oxygen atoms in total. The Balaban J connectivity index is 2.14. The topological polar surface area (TPSA) is 61.8 Å². The number of aliphatic hydroxyl groups is 1. The molecule has 0 saturated carbocycles. The van der Waals surface area contributed by atoms with Crippen LogP contribution >= 0.6 is 0 Å². The fourth-order valence-electron chi connectivity index (χ4n) is 2.86. The average molecular weight is 314 g/mol. The number of morpholine rings is 1. The number of rotatable bonds is 12. The molecule has 2 N–H and O–H groups in total. The molecule has 1 atom stereocenters. The number of aliphatic hydroxyl groups excluding tert-OH is 1. The number of carbonyl (C=O) groups is 1. The third-order valence-electron chi connectivity index (χ3n) is 4.22. The zero-order valence-corrected chi connectivity index (χ0v) is 14.2. The summed E-state index contributed by atoms with van der Waals surface area (Å²) in [6.45, 7) is 5.37. The second-order valence-corrected chi connectivity index (χ2v) is 6.12. The minimum Gasteiger partial charge on any atom is -0.396 e. The molecule has 0 radical (unpaired) electrons. The third-order valence-corrected chi connectivity index (χ3v) is 4.22. The Kier molecular flexibility index (Phi) is 11.3. The van der Waals surface area contributed by atoms with E-state index in [0.29, 0.717) is 26.1 Å². The monoisotopic (exact) mass is 314 g/mol. The highest BCUT2D eigenvalue weighted by Crippen LogP contribution is 2.09. The van der Waals surface area contributed by atoms with E-state index in [1.165, 1.54) is 32.1 Å². The largest absolute Gasteiger partial charge is 0.396 e. The summed E-state index contributed by atoms with van der Waals surface area (Å²) in [6.07, 6.45) is 9.67. The molecule has 1 aliphatic rings. The van der Waals surface area contributed by atoms with Crippen molar-refractivity contribution >= 4 is 5.91 Å². The van der Waals surface area contributed by atoms with E-state index in [2.05, 4.69) is 17.1 Å². The van der Waals surface area contributed by atoms with Gasteiger partial charge in [0.15, 0.2) is 0 Å². The van der Waals surface area contributed by atoms with E-state index in [9.17, 15) is 9.90 Å². The first-order valence-electron chi connectivity index (χ1n) is 9.00. The van der Waals surface area contributed by atoms with Gasteiger partial charge in [-0.1, -0.05) is 45.4 Å². The van der Waals surface area contributed by atoms with Gasteiger partial charge < -0.3 is 15.2 Å². The highest BCUT2D eigenvalue weighted by Gasteiger charge is 2.21. The Bertz CT molecular complexity index is 281. The molecule has 1 unspecified atom stereocenters. The van der Waals surface area contributed by atoms with Crippen molar-refractivity contribution in [2.24, 2.45) is 0 Å². The van der Waals surface area contributed by atoms with Crippen molar-refractivity contribution in [1.82, 2.24) is 10.2 Å². The van der Waals surface area contributed by atoms with E-state index >= 15 is 0 Å². The lowest BCUT2D eigenvalue weighted by Crippen LogP contribution is -2.52. The molecule has 0 aliphatic carbocycles. The molecule has 0 aromatic rings. The lowest BCUT2D eigenvalue weighted by Gasteiger charge is -2.34. The number of hydrogen-bond acceptors (Lipinski definition) is 4. The Morgan fingerprint density at radius 1 is 1.14 bits per heavy atom. The smallest absolute Gasteiger partial charge is 0.221 e. The zero-order valence-electron chi connectivity index (χ0n) is 14.2. The first kappa shape index (κ1) is 19.4. The van der Waals surface area contributed by atoms with E-state index in [-0.39, 0.29) is 18.7 Å². The molecule has 1 aliphatic heterocycles. The molecule has 1 fully saturated rings. The van der Waals surface area contributed by atoms with Crippen molar-refractivity contribution in [3.63, 3.8) is 0 Å². The van der Waals surface area contributed by atoms with Crippen molar-refractivity contribution < 1.29 is 14.6 Å². The Hall–Kier alpha value is -0.650. The van der Waals surface area contributed by atoms with Crippen LogP contribution in [0.5, 0.6) is 0 Å². The predicted octanol–water partition coefficient (Wildman–Crippen LogP) is 2.28. The fourth-order valence-corrected chi connectivity index (χ4v) is 2.86. The average Bonchev–Trinajstić information content (AvgIpc) is 2.54. The second-order valence-electron chi connectivity index (χ2n) is 6.12. The lowest BCUT2D eigenvalue weighted by molar-refractivity contribution is -0.124. The van der Waals surface area contributed by atoms with Crippen LogP contribution in [0.1, 0.15) is 64.7 Å².